The highest BCUT2D eigenvalue weighted by Gasteiger charge is 2.33. The van der Waals surface area contributed by atoms with Crippen LogP contribution in [-0.4, -0.2) is 42.5 Å². The van der Waals surface area contributed by atoms with E-state index in [0.717, 1.165) is 49.2 Å². The number of aromatic amines is 2. The lowest BCUT2D eigenvalue weighted by Crippen LogP contribution is -2.48. The number of hydrogen-bond donors (Lipinski definition) is 3. The van der Waals surface area contributed by atoms with Crippen LogP contribution in [0.5, 0.6) is 5.75 Å². The van der Waals surface area contributed by atoms with Crippen LogP contribution in [0.1, 0.15) is 33.3 Å². The molecule has 0 bridgehead atoms. The topological polar surface area (TPSA) is 117 Å². The van der Waals surface area contributed by atoms with Crippen LogP contribution in [0.15, 0.2) is 89.9 Å². The lowest BCUT2D eigenvalue weighted by molar-refractivity contribution is -0.120. The lowest BCUT2D eigenvalue weighted by Gasteiger charge is -2.31. The van der Waals surface area contributed by atoms with Crippen molar-refractivity contribution in [2.45, 2.75) is 39.7 Å². The molecule has 6 aromatic rings. The Morgan fingerprint density at radius 2 is 1.68 bits per heavy atom. The highest BCUT2D eigenvalue weighted by atomic mass is 79.9. The summed E-state index contributed by atoms with van der Waals surface area (Å²) < 4.78 is 8.47. The normalized spacial score (nSPS) is 11.6. The fourth-order valence-corrected chi connectivity index (χ4v) is 5.21. The number of ether oxygens (including phenoxy) is 1. The summed E-state index contributed by atoms with van der Waals surface area (Å²) in [6.45, 7) is 7.35. The number of aromatic nitrogens is 4. The minimum absolute atomic E-state index is 0.300. The summed E-state index contributed by atoms with van der Waals surface area (Å²) in [7, 11) is 0. The molecule has 3 aromatic carbocycles. The van der Waals surface area contributed by atoms with Gasteiger partial charge in [0.1, 0.15) is 0 Å². The number of hydroxylamine groups is 2. The number of rotatable bonds is 5. The van der Waals surface area contributed by atoms with Crippen LogP contribution in [-0.2, 0) is 11.3 Å². The molecule has 3 heterocycles. The molecule has 0 atom stereocenters. The third-order valence-electron chi connectivity index (χ3n) is 7.20. The molecule has 0 saturated carbocycles. The Kier molecular flexibility index (Phi) is 7.64. The van der Waals surface area contributed by atoms with E-state index in [1.807, 2.05) is 59.4 Å². The van der Waals surface area contributed by atoms with Gasteiger partial charge in [-0.15, -0.1) is 5.06 Å². The standard InChI is InChI=1S/C33H31BrN6O4/c1-5-20-6-10-24(11-7-20)39-19-22(16-37-39)21-8-12-28-26(14-21)30(18-36-28)43-32(42)40(33(2,3)4)44-31(41)38-29-17-35-27-13-9-23(34)15-25(27)29/h6-19,35-36H,5H2,1-4H3,(H,38,41). The Bertz CT molecular complexity index is 1980. The van der Waals surface area contributed by atoms with E-state index in [0.29, 0.717) is 16.8 Å². The molecule has 3 N–H and O–H groups in total. The third-order valence-corrected chi connectivity index (χ3v) is 7.69. The Hall–Kier alpha value is -5.03. The lowest BCUT2D eigenvalue weighted by atomic mass is 10.1. The first-order chi connectivity index (χ1) is 21.1. The van der Waals surface area contributed by atoms with E-state index >= 15 is 0 Å². The first-order valence-electron chi connectivity index (χ1n) is 14.1. The minimum atomic E-state index is -0.904. The fraction of sp³-hybridized carbons (Fsp3) is 0.182. The van der Waals surface area contributed by atoms with Crippen molar-refractivity contribution in [3.63, 3.8) is 0 Å². The molecule has 0 spiro atoms. The molecule has 2 amide bonds. The second-order valence-electron chi connectivity index (χ2n) is 11.3. The van der Waals surface area contributed by atoms with Crippen LogP contribution in [0.2, 0.25) is 0 Å². The van der Waals surface area contributed by atoms with Gasteiger partial charge in [0.2, 0.25) is 0 Å². The summed E-state index contributed by atoms with van der Waals surface area (Å²) in [5, 5.41) is 9.65. The molecule has 44 heavy (non-hydrogen) atoms. The van der Waals surface area contributed by atoms with Crippen LogP contribution < -0.4 is 10.1 Å². The maximum absolute atomic E-state index is 13.4. The summed E-state index contributed by atoms with van der Waals surface area (Å²) in [5.41, 5.74) is 5.27. The SMILES string of the molecule is CCc1ccc(-n2cc(-c3ccc4[nH]cc(OC(=O)N(OC(=O)Nc5c[nH]c6ccc(Br)cc56)C(C)(C)C)c4c3)cn2)cc1. The van der Waals surface area contributed by atoms with E-state index in [2.05, 4.69) is 55.4 Å². The minimum Gasteiger partial charge on any atom is -0.406 e. The fourth-order valence-electron chi connectivity index (χ4n) is 4.85. The number of amides is 2. The number of carbonyl (C=O) groups is 2. The van der Waals surface area contributed by atoms with Gasteiger partial charge in [-0.3, -0.25) is 5.32 Å². The number of carbonyl (C=O) groups excluding carboxylic acids is 2. The van der Waals surface area contributed by atoms with Gasteiger partial charge < -0.3 is 19.5 Å². The quantitative estimate of drug-likeness (QED) is 0.161. The smallest absolute Gasteiger partial charge is 0.406 e. The molecular weight excluding hydrogens is 624 g/mol. The summed E-state index contributed by atoms with van der Waals surface area (Å²) in [6, 6.07) is 19.8. The molecule has 0 fully saturated rings. The van der Waals surface area contributed by atoms with Crippen molar-refractivity contribution in [3.05, 3.63) is 95.5 Å². The van der Waals surface area contributed by atoms with Crippen LogP contribution >= 0.6 is 15.9 Å². The van der Waals surface area contributed by atoms with Gasteiger partial charge in [0.25, 0.3) is 0 Å². The van der Waals surface area contributed by atoms with Gasteiger partial charge in [-0.05, 0) is 80.8 Å². The Labute approximate surface area is 262 Å². The predicted molar refractivity (Wildman–Crippen MR) is 174 cm³/mol. The molecule has 6 rings (SSSR count). The van der Waals surface area contributed by atoms with Gasteiger partial charge >= 0.3 is 12.2 Å². The Balaban J connectivity index is 1.20. The molecule has 10 nitrogen and oxygen atoms in total. The van der Waals surface area contributed by atoms with Gasteiger partial charge in [0.05, 0.1) is 23.1 Å². The van der Waals surface area contributed by atoms with E-state index in [1.165, 1.54) is 5.56 Å². The average molecular weight is 656 g/mol. The first kappa shape index (κ1) is 29.1. The summed E-state index contributed by atoms with van der Waals surface area (Å²) in [5.74, 6) is 0.300. The van der Waals surface area contributed by atoms with Crippen LogP contribution in [0.4, 0.5) is 15.3 Å². The number of nitrogens with zero attached hydrogens (tertiary/aromatic N) is 3. The summed E-state index contributed by atoms with van der Waals surface area (Å²) in [6.07, 6.45) is 6.33. The average Bonchev–Trinajstić information content (AvgIpc) is 3.74. The number of benzene rings is 3. The number of fused-ring (bicyclic) bond motifs is 2. The Morgan fingerprint density at radius 1 is 0.955 bits per heavy atom. The number of hydrogen-bond acceptors (Lipinski definition) is 5. The van der Waals surface area contributed by atoms with Crippen LogP contribution in [0.3, 0.4) is 0 Å². The zero-order valence-corrected chi connectivity index (χ0v) is 26.2. The third kappa shape index (κ3) is 5.91. The number of anilines is 1. The van der Waals surface area contributed by atoms with Crippen molar-refractivity contribution in [2.24, 2.45) is 0 Å². The molecule has 0 aliphatic carbocycles. The molecule has 0 aliphatic rings. The van der Waals surface area contributed by atoms with Gasteiger partial charge in [-0.2, -0.15) is 5.10 Å². The Morgan fingerprint density at radius 3 is 2.43 bits per heavy atom. The van der Waals surface area contributed by atoms with Crippen molar-refractivity contribution in [1.82, 2.24) is 24.8 Å². The maximum Gasteiger partial charge on any atom is 0.449 e. The second kappa shape index (κ2) is 11.6. The second-order valence-corrected chi connectivity index (χ2v) is 12.3. The van der Waals surface area contributed by atoms with Gasteiger partial charge in [0, 0.05) is 50.4 Å². The van der Waals surface area contributed by atoms with Gasteiger partial charge in [0.15, 0.2) is 5.75 Å². The van der Waals surface area contributed by atoms with E-state index in [9.17, 15) is 9.59 Å². The molecule has 0 aliphatic heterocycles. The highest BCUT2D eigenvalue weighted by Crippen LogP contribution is 2.32. The van der Waals surface area contributed by atoms with Gasteiger partial charge in [-0.25, -0.2) is 14.3 Å². The first-order valence-corrected chi connectivity index (χ1v) is 14.9. The molecule has 3 aromatic heterocycles. The number of aryl methyl sites for hydroxylation is 1. The predicted octanol–water partition coefficient (Wildman–Crippen LogP) is 8.59. The van der Waals surface area contributed by atoms with Crippen molar-refractivity contribution < 1.29 is 19.2 Å². The summed E-state index contributed by atoms with van der Waals surface area (Å²) >= 11 is 3.45. The zero-order valence-electron chi connectivity index (χ0n) is 24.6. The van der Waals surface area contributed by atoms with E-state index in [-0.39, 0.29) is 0 Å². The molecular formula is C33H31BrN6O4. The van der Waals surface area contributed by atoms with Crippen molar-refractivity contribution in [1.29, 1.82) is 0 Å². The number of halogens is 1. The van der Waals surface area contributed by atoms with Crippen molar-refractivity contribution in [3.8, 4) is 22.6 Å². The van der Waals surface area contributed by atoms with E-state index < -0.39 is 17.7 Å². The largest absolute Gasteiger partial charge is 0.449 e. The van der Waals surface area contributed by atoms with Crippen LogP contribution in [0, 0.1) is 0 Å². The molecule has 0 unspecified atom stereocenters. The highest BCUT2D eigenvalue weighted by molar-refractivity contribution is 9.10. The molecule has 11 heteroatoms. The van der Waals surface area contributed by atoms with Crippen molar-refractivity contribution in [2.75, 3.05) is 5.32 Å². The van der Waals surface area contributed by atoms with E-state index in [1.54, 1.807) is 39.4 Å². The van der Waals surface area contributed by atoms with Gasteiger partial charge in [-0.1, -0.05) is 41.1 Å². The molecule has 0 saturated heterocycles. The number of nitrogens with one attached hydrogen (secondary N) is 3. The molecule has 0 radical (unpaired) electrons. The van der Waals surface area contributed by atoms with Crippen molar-refractivity contribution >= 4 is 55.6 Å². The zero-order chi connectivity index (χ0) is 31.0. The monoisotopic (exact) mass is 654 g/mol. The van der Waals surface area contributed by atoms with E-state index in [4.69, 9.17) is 9.57 Å². The summed E-state index contributed by atoms with van der Waals surface area (Å²) in [4.78, 5) is 38.1. The molecule has 224 valence electrons. The number of H-pyrrole nitrogens is 2. The maximum atomic E-state index is 13.4. The van der Waals surface area contributed by atoms with Crippen LogP contribution in [0.25, 0.3) is 38.6 Å².